The Bertz CT molecular complexity index is 337. The second-order valence-corrected chi connectivity index (χ2v) is 5.61. The van der Waals surface area contributed by atoms with Crippen LogP contribution in [0.4, 0.5) is 0 Å². The zero-order chi connectivity index (χ0) is 12.1. The molecule has 3 heteroatoms. The molecule has 0 aliphatic heterocycles. The first-order valence-electron chi connectivity index (χ1n) is 6.95. The number of aromatic nitrogens is 2. The summed E-state index contributed by atoms with van der Waals surface area (Å²) >= 11 is 0. The topological polar surface area (TPSA) is 29.9 Å². The minimum absolute atomic E-state index is 0.523. The molecule has 0 amide bonds. The molecular weight excluding hydrogens is 210 g/mol. The third kappa shape index (κ3) is 3.32. The minimum atomic E-state index is 0.523. The molecule has 1 aliphatic carbocycles. The van der Waals surface area contributed by atoms with Crippen molar-refractivity contribution in [2.75, 3.05) is 6.54 Å². The van der Waals surface area contributed by atoms with Crippen molar-refractivity contribution < 1.29 is 0 Å². The van der Waals surface area contributed by atoms with Crippen LogP contribution in [0.1, 0.15) is 51.6 Å². The highest BCUT2D eigenvalue weighted by atomic mass is 15.3. The highest BCUT2D eigenvalue weighted by molar-refractivity contribution is 5.00. The van der Waals surface area contributed by atoms with E-state index in [1.165, 1.54) is 37.8 Å². The second kappa shape index (κ2) is 5.67. The van der Waals surface area contributed by atoms with Crippen molar-refractivity contribution >= 4 is 0 Å². The van der Waals surface area contributed by atoms with E-state index in [1.54, 1.807) is 0 Å². The van der Waals surface area contributed by atoms with E-state index in [2.05, 4.69) is 35.0 Å². The highest BCUT2D eigenvalue weighted by Crippen LogP contribution is 2.34. The molecule has 1 aromatic rings. The number of rotatable bonds is 5. The summed E-state index contributed by atoms with van der Waals surface area (Å²) in [6.45, 7) is 7.61. The Balaban J connectivity index is 1.79. The van der Waals surface area contributed by atoms with Crippen molar-refractivity contribution in [1.82, 2.24) is 15.1 Å². The van der Waals surface area contributed by atoms with E-state index < -0.39 is 0 Å². The van der Waals surface area contributed by atoms with Crippen LogP contribution >= 0.6 is 0 Å². The fourth-order valence-corrected chi connectivity index (χ4v) is 2.87. The van der Waals surface area contributed by atoms with Gasteiger partial charge in [0.05, 0.1) is 5.69 Å². The minimum Gasteiger partial charge on any atom is -0.311 e. The molecule has 0 radical (unpaired) electrons. The number of hydrogen-bond acceptors (Lipinski definition) is 2. The molecule has 1 aromatic heterocycles. The molecule has 1 saturated carbocycles. The molecular formula is C14H25N3. The zero-order valence-electron chi connectivity index (χ0n) is 11.2. The largest absolute Gasteiger partial charge is 0.311 e. The Hall–Kier alpha value is -0.830. The lowest BCUT2D eigenvalue weighted by molar-refractivity contribution is 0.207. The molecule has 0 bridgehead atoms. The van der Waals surface area contributed by atoms with Crippen molar-refractivity contribution in [3.63, 3.8) is 0 Å². The van der Waals surface area contributed by atoms with Crippen LogP contribution in [0.2, 0.25) is 0 Å². The fourth-order valence-electron chi connectivity index (χ4n) is 2.87. The molecule has 0 atom stereocenters. The summed E-state index contributed by atoms with van der Waals surface area (Å²) in [5.74, 6) is 0. The van der Waals surface area contributed by atoms with Crippen molar-refractivity contribution in [3.8, 4) is 0 Å². The summed E-state index contributed by atoms with van der Waals surface area (Å²) in [7, 11) is 0. The van der Waals surface area contributed by atoms with Gasteiger partial charge in [-0.3, -0.25) is 4.68 Å². The molecule has 2 rings (SSSR count). The Labute approximate surface area is 105 Å². The maximum Gasteiger partial charge on any atom is 0.0521 e. The van der Waals surface area contributed by atoms with Crippen LogP contribution in [0.15, 0.2) is 12.3 Å². The van der Waals surface area contributed by atoms with Crippen LogP contribution in [-0.2, 0) is 13.1 Å². The standard InChI is InChI=1S/C14H25N3/c1-3-17-13(7-10-16-17)11-15-12-14(2)8-5-4-6-9-14/h7,10,15H,3-6,8-9,11-12H2,1-2H3. The second-order valence-electron chi connectivity index (χ2n) is 5.61. The fraction of sp³-hybridized carbons (Fsp3) is 0.786. The van der Waals surface area contributed by atoms with Crippen LogP contribution in [0.5, 0.6) is 0 Å². The molecule has 0 unspecified atom stereocenters. The van der Waals surface area contributed by atoms with E-state index in [-0.39, 0.29) is 0 Å². The maximum absolute atomic E-state index is 4.29. The molecule has 1 heterocycles. The Morgan fingerprint density at radius 3 is 2.82 bits per heavy atom. The SMILES string of the molecule is CCn1nccc1CNCC1(C)CCCCC1. The van der Waals surface area contributed by atoms with E-state index in [0.717, 1.165) is 19.6 Å². The molecule has 3 nitrogen and oxygen atoms in total. The van der Waals surface area contributed by atoms with Crippen LogP contribution in [0, 0.1) is 5.41 Å². The third-order valence-corrected chi connectivity index (χ3v) is 4.02. The Kier molecular flexibility index (Phi) is 4.21. The first-order valence-corrected chi connectivity index (χ1v) is 6.95. The first-order chi connectivity index (χ1) is 8.23. The summed E-state index contributed by atoms with van der Waals surface area (Å²) in [6.07, 6.45) is 8.90. The monoisotopic (exact) mass is 235 g/mol. The summed E-state index contributed by atoms with van der Waals surface area (Å²) in [5, 5.41) is 7.91. The predicted molar refractivity (Wildman–Crippen MR) is 70.8 cm³/mol. The van der Waals surface area contributed by atoms with E-state index in [4.69, 9.17) is 0 Å². The van der Waals surface area contributed by atoms with Gasteiger partial charge < -0.3 is 5.32 Å². The van der Waals surface area contributed by atoms with Crippen molar-refractivity contribution in [1.29, 1.82) is 0 Å². The van der Waals surface area contributed by atoms with Gasteiger partial charge in [-0.1, -0.05) is 26.2 Å². The Morgan fingerprint density at radius 1 is 1.35 bits per heavy atom. The van der Waals surface area contributed by atoms with E-state index >= 15 is 0 Å². The maximum atomic E-state index is 4.29. The van der Waals surface area contributed by atoms with Crippen molar-refractivity contribution in [2.24, 2.45) is 5.41 Å². The molecule has 17 heavy (non-hydrogen) atoms. The van der Waals surface area contributed by atoms with E-state index in [1.807, 2.05) is 6.20 Å². The first kappa shape index (κ1) is 12.6. The predicted octanol–water partition coefficient (Wildman–Crippen LogP) is 2.96. The number of hydrogen-bond donors (Lipinski definition) is 1. The third-order valence-electron chi connectivity index (χ3n) is 4.02. The lowest BCUT2D eigenvalue weighted by Crippen LogP contribution is -2.33. The van der Waals surface area contributed by atoms with Gasteiger partial charge in [-0.05, 0) is 31.2 Å². The van der Waals surface area contributed by atoms with Gasteiger partial charge >= 0.3 is 0 Å². The van der Waals surface area contributed by atoms with Gasteiger partial charge in [0, 0.05) is 25.8 Å². The number of nitrogens with one attached hydrogen (secondary N) is 1. The van der Waals surface area contributed by atoms with Gasteiger partial charge in [-0.25, -0.2) is 0 Å². The summed E-state index contributed by atoms with van der Waals surface area (Å²) < 4.78 is 2.07. The molecule has 96 valence electrons. The van der Waals surface area contributed by atoms with E-state index in [9.17, 15) is 0 Å². The van der Waals surface area contributed by atoms with Crippen LogP contribution in [0.3, 0.4) is 0 Å². The van der Waals surface area contributed by atoms with Crippen LogP contribution in [-0.4, -0.2) is 16.3 Å². The molecule has 1 aliphatic rings. The van der Waals surface area contributed by atoms with Crippen LogP contribution in [0.25, 0.3) is 0 Å². The van der Waals surface area contributed by atoms with Gasteiger partial charge in [0.2, 0.25) is 0 Å². The summed E-state index contributed by atoms with van der Waals surface area (Å²) in [4.78, 5) is 0. The smallest absolute Gasteiger partial charge is 0.0521 e. The lowest BCUT2D eigenvalue weighted by atomic mass is 9.76. The molecule has 0 saturated heterocycles. The molecule has 1 fully saturated rings. The van der Waals surface area contributed by atoms with Crippen molar-refractivity contribution in [2.45, 2.75) is 59.0 Å². The average molecular weight is 235 g/mol. The molecule has 0 aromatic carbocycles. The lowest BCUT2D eigenvalue weighted by Gasteiger charge is -2.33. The average Bonchev–Trinajstić information content (AvgIpc) is 2.77. The number of aryl methyl sites for hydroxylation is 1. The van der Waals surface area contributed by atoms with Crippen molar-refractivity contribution in [3.05, 3.63) is 18.0 Å². The summed E-state index contributed by atoms with van der Waals surface area (Å²) in [5.41, 5.74) is 1.82. The Morgan fingerprint density at radius 2 is 2.12 bits per heavy atom. The van der Waals surface area contributed by atoms with Gasteiger partial charge in [0.25, 0.3) is 0 Å². The van der Waals surface area contributed by atoms with Gasteiger partial charge in [0.1, 0.15) is 0 Å². The van der Waals surface area contributed by atoms with E-state index in [0.29, 0.717) is 5.41 Å². The highest BCUT2D eigenvalue weighted by Gasteiger charge is 2.26. The van der Waals surface area contributed by atoms with Crippen LogP contribution < -0.4 is 5.32 Å². The molecule has 0 spiro atoms. The van der Waals surface area contributed by atoms with Gasteiger partial charge in [0.15, 0.2) is 0 Å². The normalized spacial score (nSPS) is 19.4. The quantitative estimate of drug-likeness (QED) is 0.850. The molecule has 1 N–H and O–H groups in total. The zero-order valence-corrected chi connectivity index (χ0v) is 11.2. The summed E-state index contributed by atoms with van der Waals surface area (Å²) in [6, 6.07) is 2.11. The van der Waals surface area contributed by atoms with Gasteiger partial charge in [-0.2, -0.15) is 5.10 Å². The van der Waals surface area contributed by atoms with Gasteiger partial charge in [-0.15, -0.1) is 0 Å². The number of nitrogens with zero attached hydrogens (tertiary/aromatic N) is 2.